The predicted octanol–water partition coefficient (Wildman–Crippen LogP) is 3.44. The SMILES string of the molecule is CC(CC(=O)c1ccc2c(c1)CC(=O)N2)C(C)(C)C. The van der Waals surface area contributed by atoms with Gasteiger partial charge in [0.2, 0.25) is 5.91 Å². The maximum Gasteiger partial charge on any atom is 0.228 e. The number of anilines is 1. The molecule has 1 N–H and O–H groups in total. The first-order chi connectivity index (χ1) is 8.77. The number of ketones is 1. The fourth-order valence-electron chi connectivity index (χ4n) is 2.10. The summed E-state index contributed by atoms with van der Waals surface area (Å²) < 4.78 is 0. The van der Waals surface area contributed by atoms with Crippen molar-refractivity contribution in [2.45, 2.75) is 40.5 Å². The zero-order valence-corrected chi connectivity index (χ0v) is 12.0. The summed E-state index contributed by atoms with van der Waals surface area (Å²) in [5, 5.41) is 2.78. The highest BCUT2D eigenvalue weighted by Crippen LogP contribution is 2.30. The van der Waals surface area contributed by atoms with Crippen molar-refractivity contribution in [1.82, 2.24) is 0 Å². The molecule has 0 bridgehead atoms. The molecule has 2 rings (SSSR count). The van der Waals surface area contributed by atoms with Crippen LogP contribution < -0.4 is 5.32 Å². The molecule has 1 aromatic rings. The fraction of sp³-hybridized carbons (Fsp3) is 0.500. The molecule has 0 aromatic heterocycles. The van der Waals surface area contributed by atoms with Gasteiger partial charge in [0.15, 0.2) is 5.78 Å². The number of rotatable bonds is 3. The van der Waals surface area contributed by atoms with Crippen molar-refractivity contribution in [1.29, 1.82) is 0 Å². The summed E-state index contributed by atoms with van der Waals surface area (Å²) in [5.74, 6) is 0.486. The van der Waals surface area contributed by atoms with Gasteiger partial charge in [0.1, 0.15) is 0 Å². The van der Waals surface area contributed by atoms with Crippen LogP contribution in [0.5, 0.6) is 0 Å². The normalized spacial score (nSPS) is 15.9. The van der Waals surface area contributed by atoms with Crippen LogP contribution in [0.4, 0.5) is 5.69 Å². The van der Waals surface area contributed by atoms with Gasteiger partial charge in [-0.3, -0.25) is 9.59 Å². The second-order valence-corrected chi connectivity index (χ2v) is 6.49. The van der Waals surface area contributed by atoms with Gasteiger partial charge in [0.05, 0.1) is 6.42 Å². The molecule has 0 aliphatic carbocycles. The van der Waals surface area contributed by atoms with Crippen LogP contribution in [0.15, 0.2) is 18.2 Å². The van der Waals surface area contributed by atoms with Gasteiger partial charge in [-0.15, -0.1) is 0 Å². The van der Waals surface area contributed by atoms with E-state index in [1.54, 1.807) is 0 Å². The summed E-state index contributed by atoms with van der Waals surface area (Å²) in [4.78, 5) is 23.6. The molecule has 1 atom stereocenters. The fourth-order valence-corrected chi connectivity index (χ4v) is 2.10. The smallest absolute Gasteiger partial charge is 0.228 e. The Bertz CT molecular complexity index is 526. The minimum absolute atomic E-state index is 0.00246. The lowest BCUT2D eigenvalue weighted by Crippen LogP contribution is -2.20. The Labute approximate surface area is 114 Å². The number of benzene rings is 1. The third-order valence-corrected chi connectivity index (χ3v) is 4.02. The van der Waals surface area contributed by atoms with Crippen molar-refractivity contribution in [3.63, 3.8) is 0 Å². The zero-order chi connectivity index (χ0) is 14.2. The van der Waals surface area contributed by atoms with E-state index in [1.807, 2.05) is 18.2 Å². The summed E-state index contributed by atoms with van der Waals surface area (Å²) >= 11 is 0. The quantitative estimate of drug-likeness (QED) is 0.845. The van der Waals surface area contributed by atoms with E-state index in [1.165, 1.54) is 0 Å². The van der Waals surface area contributed by atoms with Crippen molar-refractivity contribution < 1.29 is 9.59 Å². The third-order valence-electron chi connectivity index (χ3n) is 4.02. The summed E-state index contributed by atoms with van der Waals surface area (Å²) in [5.41, 5.74) is 2.61. The van der Waals surface area contributed by atoms with Gasteiger partial charge < -0.3 is 5.32 Å². The monoisotopic (exact) mass is 259 g/mol. The predicted molar refractivity (Wildman–Crippen MR) is 76.3 cm³/mol. The Morgan fingerprint density at radius 3 is 2.68 bits per heavy atom. The molecule has 0 saturated carbocycles. The minimum Gasteiger partial charge on any atom is -0.326 e. The van der Waals surface area contributed by atoms with E-state index in [0.717, 1.165) is 11.3 Å². The topological polar surface area (TPSA) is 46.2 Å². The first kappa shape index (κ1) is 13.8. The molecular weight excluding hydrogens is 238 g/mol. The van der Waals surface area contributed by atoms with Crippen LogP contribution in [0, 0.1) is 11.3 Å². The maximum atomic E-state index is 12.3. The molecule has 0 fully saturated rings. The van der Waals surface area contributed by atoms with Gasteiger partial charge in [-0.05, 0) is 35.1 Å². The van der Waals surface area contributed by atoms with E-state index in [4.69, 9.17) is 0 Å². The maximum absolute atomic E-state index is 12.3. The number of hydrogen-bond acceptors (Lipinski definition) is 2. The molecule has 1 aromatic carbocycles. The van der Waals surface area contributed by atoms with Crippen LogP contribution in [0.3, 0.4) is 0 Å². The number of carbonyl (C=O) groups is 2. The van der Waals surface area contributed by atoms with E-state index < -0.39 is 0 Å². The standard InChI is InChI=1S/C16H21NO2/c1-10(16(2,3)4)7-14(18)11-5-6-13-12(8-11)9-15(19)17-13/h5-6,8,10H,7,9H2,1-4H3,(H,17,19). The van der Waals surface area contributed by atoms with Crippen LogP contribution in [0.1, 0.15) is 50.0 Å². The Morgan fingerprint density at radius 1 is 1.37 bits per heavy atom. The highest BCUT2D eigenvalue weighted by Gasteiger charge is 2.24. The van der Waals surface area contributed by atoms with Gasteiger partial charge in [-0.2, -0.15) is 0 Å². The second-order valence-electron chi connectivity index (χ2n) is 6.49. The Hall–Kier alpha value is -1.64. The molecule has 3 heteroatoms. The van der Waals surface area contributed by atoms with Crippen molar-refractivity contribution in [3.8, 4) is 0 Å². The molecule has 0 saturated heterocycles. The summed E-state index contributed by atoms with van der Waals surface area (Å²) in [6.45, 7) is 8.55. The lowest BCUT2D eigenvalue weighted by atomic mass is 9.78. The van der Waals surface area contributed by atoms with Crippen LogP contribution in [-0.2, 0) is 11.2 Å². The second kappa shape index (κ2) is 4.80. The number of Topliss-reactive ketones (excluding diaryl/α,β-unsaturated/α-hetero) is 1. The molecular formula is C16H21NO2. The Kier molecular flexibility index (Phi) is 3.48. The van der Waals surface area contributed by atoms with Crippen LogP contribution in [0.2, 0.25) is 0 Å². The number of amides is 1. The molecule has 1 unspecified atom stereocenters. The molecule has 1 amide bonds. The van der Waals surface area contributed by atoms with Crippen LogP contribution in [0.25, 0.3) is 0 Å². The first-order valence-electron chi connectivity index (χ1n) is 6.73. The third kappa shape index (κ3) is 3.03. The van der Waals surface area contributed by atoms with Gasteiger partial charge in [0.25, 0.3) is 0 Å². The molecule has 19 heavy (non-hydrogen) atoms. The summed E-state index contributed by atoms with van der Waals surface area (Å²) in [6, 6.07) is 5.49. The van der Waals surface area contributed by atoms with Crippen molar-refractivity contribution in [3.05, 3.63) is 29.3 Å². The summed E-state index contributed by atoms with van der Waals surface area (Å²) in [7, 11) is 0. The highest BCUT2D eigenvalue weighted by molar-refractivity contribution is 6.02. The highest BCUT2D eigenvalue weighted by atomic mass is 16.1. The van der Waals surface area contributed by atoms with E-state index in [2.05, 4.69) is 33.0 Å². The van der Waals surface area contributed by atoms with E-state index >= 15 is 0 Å². The molecule has 3 nitrogen and oxygen atoms in total. The minimum atomic E-state index is 0.00246. The molecule has 1 aliphatic rings. The van der Waals surface area contributed by atoms with E-state index in [9.17, 15) is 9.59 Å². The Morgan fingerprint density at radius 2 is 2.05 bits per heavy atom. The van der Waals surface area contributed by atoms with Gasteiger partial charge in [-0.1, -0.05) is 27.7 Å². The Balaban J connectivity index is 2.13. The number of fused-ring (bicyclic) bond motifs is 1. The van der Waals surface area contributed by atoms with E-state index in [-0.39, 0.29) is 17.1 Å². The zero-order valence-electron chi connectivity index (χ0n) is 12.0. The molecule has 102 valence electrons. The number of carbonyl (C=O) groups excluding carboxylic acids is 2. The van der Waals surface area contributed by atoms with Crippen LogP contribution in [-0.4, -0.2) is 11.7 Å². The average molecular weight is 259 g/mol. The number of nitrogens with one attached hydrogen (secondary N) is 1. The lowest BCUT2D eigenvalue weighted by Gasteiger charge is -2.26. The van der Waals surface area contributed by atoms with E-state index in [0.29, 0.717) is 24.3 Å². The van der Waals surface area contributed by atoms with Crippen molar-refractivity contribution in [2.75, 3.05) is 5.32 Å². The van der Waals surface area contributed by atoms with Gasteiger partial charge in [0, 0.05) is 17.7 Å². The largest absolute Gasteiger partial charge is 0.326 e. The summed E-state index contributed by atoms with van der Waals surface area (Å²) in [6.07, 6.45) is 0.926. The first-order valence-corrected chi connectivity index (χ1v) is 6.73. The molecule has 0 radical (unpaired) electrons. The van der Waals surface area contributed by atoms with Gasteiger partial charge >= 0.3 is 0 Å². The molecule has 1 aliphatic heterocycles. The van der Waals surface area contributed by atoms with Gasteiger partial charge in [-0.25, -0.2) is 0 Å². The molecule has 0 spiro atoms. The molecule has 1 heterocycles. The average Bonchev–Trinajstić information content (AvgIpc) is 2.66. The number of hydrogen-bond donors (Lipinski definition) is 1. The van der Waals surface area contributed by atoms with Crippen LogP contribution >= 0.6 is 0 Å². The van der Waals surface area contributed by atoms with Crippen molar-refractivity contribution >= 4 is 17.4 Å². The lowest BCUT2D eigenvalue weighted by molar-refractivity contribution is -0.115. The van der Waals surface area contributed by atoms with Crippen molar-refractivity contribution in [2.24, 2.45) is 11.3 Å².